The molecule has 1 aromatic carbocycles. The smallest absolute Gasteiger partial charge is 0.279 e. The maximum absolute atomic E-state index is 11.9. The van der Waals surface area contributed by atoms with Gasteiger partial charge in [0.25, 0.3) is 5.91 Å². The van der Waals surface area contributed by atoms with E-state index in [1.54, 1.807) is 18.2 Å². The molecule has 0 heterocycles. The highest BCUT2D eigenvalue weighted by molar-refractivity contribution is 5.92. The second-order valence-corrected chi connectivity index (χ2v) is 5.44. The molecule has 1 aliphatic carbocycles. The van der Waals surface area contributed by atoms with Crippen molar-refractivity contribution in [1.29, 1.82) is 5.26 Å². The number of quaternary nitrogens is 1. The molecule has 0 saturated heterocycles. The molecule has 1 amide bonds. The number of benzene rings is 1. The van der Waals surface area contributed by atoms with Crippen LogP contribution < -0.4 is 10.6 Å². The van der Waals surface area contributed by atoms with Crippen molar-refractivity contribution in [3.8, 4) is 6.07 Å². The van der Waals surface area contributed by atoms with Gasteiger partial charge in [0.15, 0.2) is 6.54 Å². The second kappa shape index (κ2) is 7.66. The molecule has 0 spiro atoms. The quantitative estimate of drug-likeness (QED) is 0.855. The molecule has 106 valence electrons. The first kappa shape index (κ1) is 14.5. The molecular weight excluding hydrogens is 250 g/mol. The average molecular weight is 272 g/mol. The molecule has 1 aromatic rings. The fourth-order valence-electron chi connectivity index (χ4n) is 2.76. The Morgan fingerprint density at radius 3 is 2.80 bits per heavy atom. The Morgan fingerprint density at radius 2 is 2.05 bits per heavy atom. The van der Waals surface area contributed by atoms with Crippen LogP contribution in [0.1, 0.15) is 37.7 Å². The summed E-state index contributed by atoms with van der Waals surface area (Å²) >= 11 is 0. The predicted octanol–water partition coefficient (Wildman–Crippen LogP) is 1.64. The standard InChI is InChI=1S/C16H21N3O/c17-10-14-8-4-5-9-15(14)19-16(20)12-18-11-13-6-2-1-3-7-13/h4-5,8-9,13,18H,1-3,6-7,11-12H2,(H,19,20)/p+1. The van der Waals surface area contributed by atoms with E-state index in [2.05, 4.69) is 16.7 Å². The zero-order valence-corrected chi connectivity index (χ0v) is 11.8. The molecule has 0 aliphatic heterocycles. The van der Waals surface area contributed by atoms with Gasteiger partial charge in [0.05, 0.1) is 17.8 Å². The van der Waals surface area contributed by atoms with Gasteiger partial charge in [-0.1, -0.05) is 31.4 Å². The molecule has 1 fully saturated rings. The highest BCUT2D eigenvalue weighted by Gasteiger charge is 2.15. The van der Waals surface area contributed by atoms with Crippen molar-refractivity contribution in [3.63, 3.8) is 0 Å². The Morgan fingerprint density at radius 1 is 1.30 bits per heavy atom. The molecular formula is C16H22N3O+. The number of hydrogen-bond acceptors (Lipinski definition) is 2. The number of para-hydroxylation sites is 1. The van der Waals surface area contributed by atoms with Crippen molar-refractivity contribution < 1.29 is 10.1 Å². The van der Waals surface area contributed by atoms with Crippen molar-refractivity contribution in [2.75, 3.05) is 18.4 Å². The molecule has 20 heavy (non-hydrogen) atoms. The van der Waals surface area contributed by atoms with E-state index in [0.717, 1.165) is 12.5 Å². The summed E-state index contributed by atoms with van der Waals surface area (Å²) in [7, 11) is 0. The zero-order chi connectivity index (χ0) is 14.2. The fourth-order valence-corrected chi connectivity index (χ4v) is 2.76. The maximum Gasteiger partial charge on any atom is 0.279 e. The van der Waals surface area contributed by atoms with Crippen LogP contribution in [-0.4, -0.2) is 19.0 Å². The maximum atomic E-state index is 11.9. The SMILES string of the molecule is N#Cc1ccccc1NC(=O)C[NH2+]CC1CCCCC1. The van der Waals surface area contributed by atoms with E-state index in [0.29, 0.717) is 17.8 Å². The van der Waals surface area contributed by atoms with Crippen LogP contribution >= 0.6 is 0 Å². The summed E-state index contributed by atoms with van der Waals surface area (Å²) in [5.74, 6) is 0.728. The van der Waals surface area contributed by atoms with E-state index in [4.69, 9.17) is 5.26 Å². The predicted molar refractivity (Wildman–Crippen MR) is 78.0 cm³/mol. The van der Waals surface area contributed by atoms with Gasteiger partial charge in [-0.3, -0.25) is 4.79 Å². The number of nitrogens with two attached hydrogens (primary N) is 1. The molecule has 4 nitrogen and oxygen atoms in total. The Bertz CT molecular complexity index is 487. The van der Waals surface area contributed by atoms with Crippen molar-refractivity contribution in [2.24, 2.45) is 5.92 Å². The number of nitrogens with one attached hydrogen (secondary N) is 1. The van der Waals surface area contributed by atoms with E-state index in [1.807, 2.05) is 6.07 Å². The Kier molecular flexibility index (Phi) is 5.57. The monoisotopic (exact) mass is 272 g/mol. The topological polar surface area (TPSA) is 69.5 Å². The largest absolute Gasteiger partial charge is 0.338 e. The van der Waals surface area contributed by atoms with Crippen LogP contribution in [0.4, 0.5) is 5.69 Å². The molecule has 4 heteroatoms. The lowest BCUT2D eigenvalue weighted by molar-refractivity contribution is -0.649. The number of rotatable bonds is 5. The third-order valence-corrected chi connectivity index (χ3v) is 3.88. The van der Waals surface area contributed by atoms with Gasteiger partial charge in [-0.05, 0) is 25.0 Å². The van der Waals surface area contributed by atoms with E-state index in [1.165, 1.54) is 32.1 Å². The first-order valence-electron chi connectivity index (χ1n) is 7.40. The third-order valence-electron chi connectivity index (χ3n) is 3.88. The molecule has 0 atom stereocenters. The lowest BCUT2D eigenvalue weighted by Gasteiger charge is -2.19. The van der Waals surface area contributed by atoms with Gasteiger partial charge < -0.3 is 10.6 Å². The number of carbonyl (C=O) groups is 1. The Labute approximate surface area is 120 Å². The van der Waals surface area contributed by atoms with Crippen LogP contribution in [0, 0.1) is 17.2 Å². The number of carbonyl (C=O) groups excluding carboxylic acids is 1. The number of anilines is 1. The van der Waals surface area contributed by atoms with Gasteiger partial charge in [-0.15, -0.1) is 0 Å². The normalized spacial score (nSPS) is 15.6. The summed E-state index contributed by atoms with van der Waals surface area (Å²) in [6, 6.07) is 9.17. The number of hydrogen-bond donors (Lipinski definition) is 2. The highest BCUT2D eigenvalue weighted by atomic mass is 16.1. The molecule has 3 N–H and O–H groups in total. The average Bonchev–Trinajstić information content (AvgIpc) is 2.49. The molecule has 0 aromatic heterocycles. The number of nitriles is 1. The van der Waals surface area contributed by atoms with E-state index in [-0.39, 0.29) is 5.91 Å². The summed E-state index contributed by atoms with van der Waals surface area (Å²) in [5.41, 5.74) is 1.11. The fraction of sp³-hybridized carbons (Fsp3) is 0.500. The van der Waals surface area contributed by atoms with E-state index < -0.39 is 0 Å². The van der Waals surface area contributed by atoms with Gasteiger partial charge >= 0.3 is 0 Å². The summed E-state index contributed by atoms with van der Waals surface area (Å²) in [6.07, 6.45) is 6.63. The summed E-state index contributed by atoms with van der Waals surface area (Å²) < 4.78 is 0. The van der Waals surface area contributed by atoms with Gasteiger partial charge in [-0.25, -0.2) is 0 Å². The zero-order valence-electron chi connectivity index (χ0n) is 11.8. The van der Waals surface area contributed by atoms with Crippen LogP contribution in [0.15, 0.2) is 24.3 Å². The van der Waals surface area contributed by atoms with Crippen molar-refractivity contribution in [1.82, 2.24) is 0 Å². The van der Waals surface area contributed by atoms with Crippen molar-refractivity contribution >= 4 is 11.6 Å². The van der Waals surface area contributed by atoms with Gasteiger partial charge in [0, 0.05) is 5.92 Å². The van der Waals surface area contributed by atoms with Crippen LogP contribution in [0.3, 0.4) is 0 Å². The Hall–Kier alpha value is -1.86. The molecule has 1 aliphatic rings. The van der Waals surface area contributed by atoms with Crippen LogP contribution in [-0.2, 0) is 4.79 Å². The minimum Gasteiger partial charge on any atom is -0.338 e. The van der Waals surface area contributed by atoms with E-state index in [9.17, 15) is 4.79 Å². The van der Waals surface area contributed by atoms with Gasteiger partial charge in [-0.2, -0.15) is 5.26 Å². The molecule has 0 radical (unpaired) electrons. The summed E-state index contributed by atoms with van der Waals surface area (Å²) in [5, 5.41) is 13.9. The van der Waals surface area contributed by atoms with Crippen LogP contribution in [0.5, 0.6) is 0 Å². The molecule has 1 saturated carbocycles. The number of amides is 1. The number of nitrogens with zero attached hydrogens (tertiary/aromatic N) is 1. The van der Waals surface area contributed by atoms with Gasteiger partial charge in [0.2, 0.25) is 0 Å². The first-order valence-corrected chi connectivity index (χ1v) is 7.40. The minimum atomic E-state index is -0.0384. The van der Waals surface area contributed by atoms with E-state index >= 15 is 0 Å². The summed E-state index contributed by atoms with van der Waals surface area (Å²) in [4.78, 5) is 11.9. The lowest BCUT2D eigenvalue weighted by Crippen LogP contribution is -2.87. The first-order chi connectivity index (χ1) is 9.79. The molecule has 0 bridgehead atoms. The van der Waals surface area contributed by atoms with Gasteiger partial charge in [0.1, 0.15) is 6.07 Å². The molecule has 0 unspecified atom stereocenters. The lowest BCUT2D eigenvalue weighted by atomic mass is 9.89. The highest BCUT2D eigenvalue weighted by Crippen LogP contribution is 2.21. The van der Waals surface area contributed by atoms with Crippen LogP contribution in [0.2, 0.25) is 0 Å². The summed E-state index contributed by atoms with van der Waals surface area (Å²) in [6.45, 7) is 1.46. The molecule has 2 rings (SSSR count). The Balaban J connectivity index is 1.73. The minimum absolute atomic E-state index is 0.0384. The van der Waals surface area contributed by atoms with Crippen molar-refractivity contribution in [2.45, 2.75) is 32.1 Å². The second-order valence-electron chi connectivity index (χ2n) is 5.44. The van der Waals surface area contributed by atoms with Crippen molar-refractivity contribution in [3.05, 3.63) is 29.8 Å². The third kappa shape index (κ3) is 4.36. The van der Waals surface area contributed by atoms with Crippen LogP contribution in [0.25, 0.3) is 0 Å².